The van der Waals surface area contributed by atoms with E-state index in [1.54, 1.807) is 6.07 Å². The lowest BCUT2D eigenvalue weighted by Crippen LogP contribution is -2.36. The number of carbonyl (C=O) groups is 1. The van der Waals surface area contributed by atoms with Crippen LogP contribution in [0.1, 0.15) is 33.3 Å². The molecule has 0 spiro atoms. The monoisotopic (exact) mass is 311 g/mol. The highest BCUT2D eigenvalue weighted by molar-refractivity contribution is 5.68. The zero-order valence-electron chi connectivity index (χ0n) is 14.1. The highest BCUT2D eigenvalue weighted by atomic mass is 16.6. The van der Waals surface area contributed by atoms with Gasteiger partial charge < -0.3 is 24.2 Å². The van der Waals surface area contributed by atoms with Gasteiger partial charge in [0.2, 0.25) is 0 Å². The summed E-state index contributed by atoms with van der Waals surface area (Å²) in [6.07, 6.45) is -0.438. The van der Waals surface area contributed by atoms with Crippen molar-refractivity contribution in [3.63, 3.8) is 0 Å². The Morgan fingerprint density at radius 1 is 1.23 bits per heavy atom. The van der Waals surface area contributed by atoms with Crippen LogP contribution in [0.2, 0.25) is 0 Å². The molecule has 1 N–H and O–H groups in total. The molecule has 22 heavy (non-hydrogen) atoms. The van der Waals surface area contributed by atoms with Gasteiger partial charge in [-0.25, -0.2) is 4.79 Å². The third kappa shape index (κ3) is 4.72. The molecule has 1 aromatic rings. The molecule has 0 saturated heterocycles. The van der Waals surface area contributed by atoms with E-state index in [4.69, 9.17) is 14.2 Å². The smallest absolute Gasteiger partial charge is 0.410 e. The Balaban J connectivity index is 3.03. The minimum Gasteiger partial charge on any atom is -0.507 e. The third-order valence-electron chi connectivity index (χ3n) is 3.00. The molecule has 0 radical (unpaired) electrons. The first-order chi connectivity index (χ1) is 10.2. The summed E-state index contributed by atoms with van der Waals surface area (Å²) in [4.78, 5) is 13.7. The first-order valence-electron chi connectivity index (χ1n) is 7.13. The number of hydrogen-bond acceptors (Lipinski definition) is 5. The molecule has 1 rings (SSSR count). The van der Waals surface area contributed by atoms with E-state index in [9.17, 15) is 9.90 Å². The molecule has 124 valence electrons. The van der Waals surface area contributed by atoms with Gasteiger partial charge in [-0.3, -0.25) is 0 Å². The Bertz CT molecular complexity index is 522. The highest BCUT2D eigenvalue weighted by Gasteiger charge is 2.23. The summed E-state index contributed by atoms with van der Waals surface area (Å²) in [5, 5.41) is 10.2. The van der Waals surface area contributed by atoms with Crippen LogP contribution < -0.4 is 9.47 Å². The number of nitrogens with zero attached hydrogens (tertiary/aromatic N) is 1. The average Bonchev–Trinajstić information content (AvgIpc) is 2.43. The molecular formula is C16H25NO5. The van der Waals surface area contributed by atoms with Crippen LogP contribution in [0.3, 0.4) is 0 Å². The molecule has 0 fully saturated rings. The molecule has 0 bridgehead atoms. The maximum absolute atomic E-state index is 12.2. The Hall–Kier alpha value is -2.11. The fraction of sp³-hybridized carbons (Fsp3) is 0.562. The van der Waals surface area contributed by atoms with Crippen molar-refractivity contribution in [1.29, 1.82) is 0 Å². The Morgan fingerprint density at radius 2 is 1.86 bits per heavy atom. The van der Waals surface area contributed by atoms with Crippen molar-refractivity contribution in [3.8, 4) is 17.2 Å². The summed E-state index contributed by atoms with van der Waals surface area (Å²) in [5.74, 6) is 0.954. The van der Waals surface area contributed by atoms with E-state index in [0.717, 1.165) is 0 Å². The van der Waals surface area contributed by atoms with Crippen LogP contribution >= 0.6 is 0 Å². The summed E-state index contributed by atoms with van der Waals surface area (Å²) in [6.45, 7) is 7.91. The number of ether oxygens (including phenoxy) is 3. The summed E-state index contributed by atoms with van der Waals surface area (Å²) in [7, 11) is 3.01. The summed E-state index contributed by atoms with van der Waals surface area (Å²) in [6, 6.07) is 3.15. The van der Waals surface area contributed by atoms with Crippen LogP contribution in [0.4, 0.5) is 4.79 Å². The summed E-state index contributed by atoms with van der Waals surface area (Å²) < 4.78 is 15.7. The number of aromatic hydroxyl groups is 1. The largest absolute Gasteiger partial charge is 0.507 e. The Labute approximate surface area is 131 Å². The topological polar surface area (TPSA) is 68.2 Å². The highest BCUT2D eigenvalue weighted by Crippen LogP contribution is 2.34. The van der Waals surface area contributed by atoms with Crippen molar-refractivity contribution in [2.24, 2.45) is 0 Å². The van der Waals surface area contributed by atoms with Crippen molar-refractivity contribution in [3.05, 3.63) is 17.7 Å². The fourth-order valence-electron chi connectivity index (χ4n) is 1.89. The van der Waals surface area contributed by atoms with Crippen molar-refractivity contribution in [1.82, 2.24) is 4.90 Å². The van der Waals surface area contributed by atoms with Crippen LogP contribution in [0.5, 0.6) is 17.2 Å². The number of methoxy groups -OCH3 is 2. The molecule has 0 heterocycles. The maximum Gasteiger partial charge on any atom is 0.410 e. The van der Waals surface area contributed by atoms with E-state index < -0.39 is 11.7 Å². The molecule has 0 aliphatic carbocycles. The zero-order valence-corrected chi connectivity index (χ0v) is 14.1. The van der Waals surface area contributed by atoms with Crippen molar-refractivity contribution >= 4 is 6.09 Å². The van der Waals surface area contributed by atoms with E-state index >= 15 is 0 Å². The van der Waals surface area contributed by atoms with Crippen LogP contribution in [-0.2, 0) is 11.3 Å². The molecule has 0 saturated carbocycles. The van der Waals surface area contributed by atoms with Gasteiger partial charge in [-0.15, -0.1) is 0 Å². The standard InChI is InChI=1S/C16H25NO5/c1-7-17(15(19)22-16(2,3)4)10-12-13(18)8-11(20-5)9-14(12)21-6/h8-9,18H,7,10H2,1-6H3. The molecule has 0 atom stereocenters. The normalized spacial score (nSPS) is 11.0. The van der Waals surface area contributed by atoms with Gasteiger partial charge in [0.25, 0.3) is 0 Å². The van der Waals surface area contributed by atoms with Crippen LogP contribution in [0.25, 0.3) is 0 Å². The summed E-state index contributed by atoms with van der Waals surface area (Å²) in [5.41, 5.74) is -0.0627. The van der Waals surface area contributed by atoms with E-state index in [1.807, 2.05) is 27.7 Å². The average molecular weight is 311 g/mol. The second-order valence-corrected chi connectivity index (χ2v) is 5.82. The molecule has 6 nitrogen and oxygen atoms in total. The number of benzene rings is 1. The molecular weight excluding hydrogens is 286 g/mol. The predicted molar refractivity (Wildman–Crippen MR) is 83.5 cm³/mol. The zero-order chi connectivity index (χ0) is 16.9. The number of amides is 1. The van der Waals surface area contributed by atoms with Gasteiger partial charge >= 0.3 is 6.09 Å². The lowest BCUT2D eigenvalue weighted by molar-refractivity contribution is 0.0242. The van der Waals surface area contributed by atoms with Gasteiger partial charge in [0, 0.05) is 18.7 Å². The lowest BCUT2D eigenvalue weighted by Gasteiger charge is -2.27. The molecule has 0 aliphatic heterocycles. The van der Waals surface area contributed by atoms with Gasteiger partial charge in [-0.2, -0.15) is 0 Å². The van der Waals surface area contributed by atoms with Gasteiger partial charge in [-0.05, 0) is 27.7 Å². The van der Waals surface area contributed by atoms with E-state index in [0.29, 0.717) is 23.6 Å². The minimum absolute atomic E-state index is 0.0122. The number of hydrogen-bond donors (Lipinski definition) is 1. The van der Waals surface area contributed by atoms with Gasteiger partial charge in [0.1, 0.15) is 22.8 Å². The van der Waals surface area contributed by atoms with Gasteiger partial charge in [-0.1, -0.05) is 0 Å². The Kier molecular flexibility index (Phi) is 5.91. The quantitative estimate of drug-likeness (QED) is 0.904. The second kappa shape index (κ2) is 7.24. The van der Waals surface area contributed by atoms with Crippen molar-refractivity contribution in [2.45, 2.75) is 39.8 Å². The molecule has 0 unspecified atom stereocenters. The minimum atomic E-state index is -0.573. The van der Waals surface area contributed by atoms with Crippen LogP contribution in [0.15, 0.2) is 12.1 Å². The van der Waals surface area contributed by atoms with E-state index in [-0.39, 0.29) is 12.3 Å². The van der Waals surface area contributed by atoms with Gasteiger partial charge in [0.15, 0.2) is 0 Å². The third-order valence-corrected chi connectivity index (χ3v) is 3.00. The lowest BCUT2D eigenvalue weighted by atomic mass is 10.1. The van der Waals surface area contributed by atoms with Crippen molar-refractivity contribution < 1.29 is 24.1 Å². The fourth-order valence-corrected chi connectivity index (χ4v) is 1.89. The molecule has 1 amide bonds. The Morgan fingerprint density at radius 3 is 2.32 bits per heavy atom. The van der Waals surface area contributed by atoms with E-state index in [2.05, 4.69) is 0 Å². The van der Waals surface area contributed by atoms with Crippen LogP contribution in [0, 0.1) is 0 Å². The first-order valence-corrected chi connectivity index (χ1v) is 7.13. The van der Waals surface area contributed by atoms with Crippen molar-refractivity contribution in [2.75, 3.05) is 20.8 Å². The SMILES string of the molecule is CCN(Cc1c(O)cc(OC)cc1OC)C(=O)OC(C)(C)C. The number of phenolic OH excluding ortho intramolecular Hbond substituents is 1. The number of rotatable bonds is 5. The summed E-state index contributed by atoms with van der Waals surface area (Å²) >= 11 is 0. The molecule has 6 heteroatoms. The second-order valence-electron chi connectivity index (χ2n) is 5.82. The number of phenols is 1. The van der Waals surface area contributed by atoms with Crippen LogP contribution in [-0.4, -0.2) is 42.5 Å². The maximum atomic E-state index is 12.2. The molecule has 1 aromatic carbocycles. The molecule has 0 aromatic heterocycles. The molecule has 0 aliphatic rings. The number of carbonyl (C=O) groups excluding carboxylic acids is 1. The first kappa shape index (κ1) is 17.9. The van der Waals surface area contributed by atoms with E-state index in [1.165, 1.54) is 25.2 Å². The predicted octanol–water partition coefficient (Wildman–Crippen LogP) is 3.17. The van der Waals surface area contributed by atoms with Gasteiger partial charge in [0.05, 0.1) is 26.3 Å².